The van der Waals surface area contributed by atoms with E-state index in [9.17, 15) is 19.2 Å². The molecule has 0 aliphatic carbocycles. The predicted octanol–water partition coefficient (Wildman–Crippen LogP) is -0.511. The van der Waals surface area contributed by atoms with Crippen LogP contribution in [-0.2, 0) is 30.3 Å². The summed E-state index contributed by atoms with van der Waals surface area (Å²) in [7, 11) is 0. The van der Waals surface area contributed by atoms with Crippen molar-refractivity contribution in [1.29, 1.82) is 0 Å². The zero-order valence-electron chi connectivity index (χ0n) is 17.0. The Hall–Kier alpha value is -2.55. The first kappa shape index (κ1) is 24.7. The number of nitrogens with zero attached hydrogens (tertiary/aromatic N) is 1. The molecule has 1 aromatic heterocycles. The standard InChI is InChI=1S/C20H26N4O5S2/c1-2-7-29-13-5-6-24(18(26)12-30-11-17(21)25)16(9-13)20(28)23-15(19(22)27)10-14-4-3-8-31-14/h1,3-4,8,13,15-16H,5-7,9-12H2,(H2,21,25)(H2,22,27)(H,23,28). The Bertz CT molecular complexity index is 824. The van der Waals surface area contributed by atoms with E-state index in [0.717, 1.165) is 16.6 Å². The van der Waals surface area contributed by atoms with Crippen LogP contribution in [0.1, 0.15) is 17.7 Å². The normalized spacial score (nSPS) is 19.3. The third-order valence-corrected chi connectivity index (χ3v) is 6.53. The number of rotatable bonds is 11. The Morgan fingerprint density at radius 3 is 2.74 bits per heavy atom. The number of piperidine rings is 1. The highest BCUT2D eigenvalue weighted by atomic mass is 32.2. The van der Waals surface area contributed by atoms with Crippen molar-refractivity contribution in [2.75, 3.05) is 24.7 Å². The second kappa shape index (κ2) is 12.3. The summed E-state index contributed by atoms with van der Waals surface area (Å²) >= 11 is 2.54. The van der Waals surface area contributed by atoms with Gasteiger partial charge < -0.3 is 26.4 Å². The Morgan fingerprint density at radius 1 is 1.35 bits per heavy atom. The van der Waals surface area contributed by atoms with Gasteiger partial charge in [-0.3, -0.25) is 19.2 Å². The van der Waals surface area contributed by atoms with Crippen LogP contribution in [0.5, 0.6) is 0 Å². The van der Waals surface area contributed by atoms with Crippen LogP contribution in [0.15, 0.2) is 17.5 Å². The van der Waals surface area contributed by atoms with E-state index in [2.05, 4.69) is 11.2 Å². The summed E-state index contributed by atoms with van der Waals surface area (Å²) in [6.45, 7) is 0.388. The number of nitrogens with one attached hydrogen (secondary N) is 1. The van der Waals surface area contributed by atoms with Gasteiger partial charge in [-0.2, -0.15) is 0 Å². The zero-order valence-corrected chi connectivity index (χ0v) is 18.6. The van der Waals surface area contributed by atoms with Crippen LogP contribution in [0, 0.1) is 12.3 Å². The Balaban J connectivity index is 2.10. The summed E-state index contributed by atoms with van der Waals surface area (Å²) in [6, 6.07) is 1.95. The number of primary amides is 2. The van der Waals surface area contributed by atoms with Crippen LogP contribution in [-0.4, -0.2) is 71.4 Å². The van der Waals surface area contributed by atoms with Gasteiger partial charge in [0.15, 0.2) is 0 Å². The quantitative estimate of drug-likeness (QED) is 0.375. The minimum Gasteiger partial charge on any atom is -0.369 e. The molecule has 168 valence electrons. The van der Waals surface area contributed by atoms with Gasteiger partial charge in [0.25, 0.3) is 0 Å². The van der Waals surface area contributed by atoms with Crippen molar-refractivity contribution in [3.63, 3.8) is 0 Å². The van der Waals surface area contributed by atoms with Crippen molar-refractivity contribution in [2.45, 2.75) is 37.5 Å². The third-order valence-electron chi connectivity index (χ3n) is 4.69. The summed E-state index contributed by atoms with van der Waals surface area (Å²) in [5.74, 6) is 0.452. The van der Waals surface area contributed by atoms with Gasteiger partial charge in [-0.25, -0.2) is 0 Å². The van der Waals surface area contributed by atoms with Crippen molar-refractivity contribution in [3.05, 3.63) is 22.4 Å². The van der Waals surface area contributed by atoms with Crippen LogP contribution in [0.25, 0.3) is 0 Å². The lowest BCUT2D eigenvalue weighted by Gasteiger charge is -2.38. The fourth-order valence-electron chi connectivity index (χ4n) is 3.24. The van der Waals surface area contributed by atoms with Crippen molar-refractivity contribution < 1.29 is 23.9 Å². The lowest BCUT2D eigenvalue weighted by Crippen LogP contribution is -2.58. The summed E-state index contributed by atoms with van der Waals surface area (Å²) < 4.78 is 5.58. The molecule has 3 unspecified atom stereocenters. The fourth-order valence-corrected chi connectivity index (χ4v) is 4.64. The molecule has 0 radical (unpaired) electrons. The van der Waals surface area contributed by atoms with Crippen LogP contribution >= 0.6 is 23.1 Å². The summed E-state index contributed by atoms with van der Waals surface area (Å²) in [5.41, 5.74) is 10.6. The molecular formula is C20H26N4O5S2. The maximum Gasteiger partial charge on any atom is 0.243 e. The second-order valence-corrected chi connectivity index (χ2v) is 8.99. The monoisotopic (exact) mass is 466 g/mol. The molecule has 2 rings (SSSR count). The number of likely N-dealkylation sites (tertiary alicyclic amines) is 1. The minimum absolute atomic E-state index is 0.00884. The molecular weight excluding hydrogens is 440 g/mol. The number of carbonyl (C=O) groups excluding carboxylic acids is 4. The molecule has 4 amide bonds. The number of carbonyl (C=O) groups is 4. The number of thiophene rings is 1. The van der Waals surface area contributed by atoms with E-state index in [1.807, 2.05) is 17.5 Å². The van der Waals surface area contributed by atoms with Crippen molar-refractivity contribution >= 4 is 46.7 Å². The zero-order chi connectivity index (χ0) is 22.8. The molecule has 1 fully saturated rings. The smallest absolute Gasteiger partial charge is 0.243 e. The Kier molecular flexibility index (Phi) is 9.84. The van der Waals surface area contributed by atoms with E-state index < -0.39 is 29.8 Å². The first-order valence-corrected chi connectivity index (χ1v) is 11.7. The number of thioether (sulfide) groups is 1. The van der Waals surface area contributed by atoms with Crippen LogP contribution in [0.2, 0.25) is 0 Å². The van der Waals surface area contributed by atoms with Crippen molar-refractivity contribution in [1.82, 2.24) is 10.2 Å². The van der Waals surface area contributed by atoms with Gasteiger partial charge in [0, 0.05) is 24.3 Å². The molecule has 1 aliphatic rings. The number of terminal acetylenes is 1. The highest BCUT2D eigenvalue weighted by Crippen LogP contribution is 2.22. The van der Waals surface area contributed by atoms with E-state index >= 15 is 0 Å². The maximum absolute atomic E-state index is 13.1. The molecule has 1 saturated heterocycles. The molecule has 31 heavy (non-hydrogen) atoms. The van der Waals surface area contributed by atoms with E-state index in [0.29, 0.717) is 6.42 Å². The first-order chi connectivity index (χ1) is 14.8. The third kappa shape index (κ3) is 7.90. The molecule has 1 aromatic rings. The molecule has 2 heterocycles. The average Bonchev–Trinajstić information content (AvgIpc) is 3.24. The van der Waals surface area contributed by atoms with E-state index in [1.54, 1.807) is 0 Å². The van der Waals surface area contributed by atoms with Crippen molar-refractivity contribution in [2.24, 2.45) is 11.5 Å². The minimum atomic E-state index is -0.903. The van der Waals surface area contributed by atoms with Crippen molar-refractivity contribution in [3.8, 4) is 12.3 Å². The molecule has 5 N–H and O–H groups in total. The largest absolute Gasteiger partial charge is 0.369 e. The predicted molar refractivity (Wildman–Crippen MR) is 119 cm³/mol. The van der Waals surface area contributed by atoms with E-state index in [1.165, 1.54) is 16.2 Å². The fraction of sp³-hybridized carbons (Fsp3) is 0.500. The van der Waals surface area contributed by atoms with Gasteiger partial charge in [0.2, 0.25) is 23.6 Å². The van der Waals surface area contributed by atoms with E-state index in [-0.39, 0.29) is 49.5 Å². The lowest BCUT2D eigenvalue weighted by atomic mass is 9.97. The molecule has 11 heteroatoms. The molecule has 0 aromatic carbocycles. The number of nitrogens with two attached hydrogens (primary N) is 2. The SMILES string of the molecule is C#CCOC1CCN(C(=O)CSCC(N)=O)C(C(=O)NC(Cc2cccs2)C(N)=O)C1. The van der Waals surface area contributed by atoms with Gasteiger partial charge in [0.1, 0.15) is 18.7 Å². The summed E-state index contributed by atoms with van der Waals surface area (Å²) in [4.78, 5) is 51.0. The Morgan fingerprint density at radius 2 is 2.13 bits per heavy atom. The first-order valence-electron chi connectivity index (χ1n) is 9.64. The van der Waals surface area contributed by atoms with Crippen LogP contribution in [0.4, 0.5) is 0 Å². The number of amides is 4. The van der Waals surface area contributed by atoms with Crippen LogP contribution in [0.3, 0.4) is 0 Å². The molecule has 3 atom stereocenters. The highest BCUT2D eigenvalue weighted by Gasteiger charge is 2.37. The van der Waals surface area contributed by atoms with Crippen LogP contribution < -0.4 is 16.8 Å². The summed E-state index contributed by atoms with van der Waals surface area (Å²) in [6.07, 6.45) is 5.98. The Labute approximate surface area is 189 Å². The molecule has 9 nitrogen and oxygen atoms in total. The van der Waals surface area contributed by atoms with Gasteiger partial charge in [0.05, 0.1) is 17.6 Å². The molecule has 0 spiro atoms. The number of hydrogen-bond donors (Lipinski definition) is 3. The summed E-state index contributed by atoms with van der Waals surface area (Å²) in [5, 5.41) is 4.55. The van der Waals surface area contributed by atoms with Gasteiger partial charge in [-0.05, 0) is 17.9 Å². The molecule has 0 bridgehead atoms. The molecule has 0 saturated carbocycles. The van der Waals surface area contributed by atoms with Gasteiger partial charge in [-0.1, -0.05) is 12.0 Å². The second-order valence-electron chi connectivity index (χ2n) is 6.97. The lowest BCUT2D eigenvalue weighted by molar-refractivity contribution is -0.144. The molecule has 1 aliphatic heterocycles. The van der Waals surface area contributed by atoms with E-state index in [4.69, 9.17) is 22.6 Å². The average molecular weight is 467 g/mol. The van der Waals surface area contributed by atoms with Gasteiger partial charge >= 0.3 is 0 Å². The number of hydrogen-bond acceptors (Lipinski definition) is 7. The highest BCUT2D eigenvalue weighted by molar-refractivity contribution is 8.00. The van der Waals surface area contributed by atoms with Gasteiger partial charge in [-0.15, -0.1) is 29.5 Å². The maximum atomic E-state index is 13.1. The number of ether oxygens (including phenoxy) is 1. The topological polar surface area (TPSA) is 145 Å².